The summed E-state index contributed by atoms with van der Waals surface area (Å²) in [7, 11) is 0. The van der Waals surface area contributed by atoms with Crippen LogP contribution in [0.3, 0.4) is 0 Å². The zero-order valence-corrected chi connectivity index (χ0v) is 7.46. The molecule has 0 aromatic carbocycles. The van der Waals surface area contributed by atoms with E-state index in [0.29, 0.717) is 0 Å². The van der Waals surface area contributed by atoms with Crippen LogP contribution < -0.4 is 0 Å². The Morgan fingerprint density at radius 2 is 2.18 bits per heavy atom. The lowest BCUT2D eigenvalue weighted by atomic mass is 9.97. The maximum atomic E-state index is 9.28. The summed E-state index contributed by atoms with van der Waals surface area (Å²) in [6, 6.07) is 0. The number of hydrogen-bond acceptors (Lipinski definition) is 1. The smallest absolute Gasteiger partial charge is 0.0574 e. The van der Waals surface area contributed by atoms with Crippen LogP contribution in [-0.2, 0) is 0 Å². The first-order chi connectivity index (χ1) is 5.22. The summed E-state index contributed by atoms with van der Waals surface area (Å²) in [5.74, 6) is 0.290. The second kappa shape index (κ2) is 6.17. The number of aliphatic hydroxyl groups is 1. The van der Waals surface area contributed by atoms with Gasteiger partial charge in [-0.2, -0.15) is 0 Å². The molecular formula is C10H18O. The molecule has 0 bridgehead atoms. The van der Waals surface area contributed by atoms with E-state index in [1.165, 1.54) is 0 Å². The normalized spacial score (nSPS) is 16.6. The molecule has 0 amide bonds. The Hall–Kier alpha value is -0.560. The molecule has 0 aliphatic heterocycles. The minimum Gasteiger partial charge on any atom is -0.393 e. The molecule has 0 aromatic heterocycles. The lowest BCUT2D eigenvalue weighted by molar-refractivity contribution is 0.145. The van der Waals surface area contributed by atoms with Crippen LogP contribution in [0.4, 0.5) is 0 Å². The van der Waals surface area contributed by atoms with Crippen LogP contribution in [0.25, 0.3) is 0 Å². The highest BCUT2D eigenvalue weighted by Crippen LogP contribution is 2.13. The van der Waals surface area contributed by atoms with Crippen LogP contribution in [0.2, 0.25) is 0 Å². The molecular weight excluding hydrogens is 136 g/mol. The largest absolute Gasteiger partial charge is 0.393 e. The molecule has 0 spiro atoms. The second-order valence-corrected chi connectivity index (χ2v) is 2.80. The second-order valence-electron chi connectivity index (χ2n) is 2.80. The van der Waals surface area contributed by atoms with Gasteiger partial charge in [-0.3, -0.25) is 0 Å². The van der Waals surface area contributed by atoms with Crippen molar-refractivity contribution in [2.75, 3.05) is 0 Å². The number of hydrogen-bond donors (Lipinski definition) is 1. The van der Waals surface area contributed by atoms with Crippen molar-refractivity contribution in [3.8, 4) is 0 Å². The molecule has 0 aromatic rings. The van der Waals surface area contributed by atoms with Crippen LogP contribution in [0.15, 0.2) is 24.8 Å². The molecule has 0 unspecified atom stereocenters. The molecule has 0 heterocycles. The lowest BCUT2D eigenvalue weighted by Gasteiger charge is -2.14. The molecule has 1 N–H and O–H groups in total. The van der Waals surface area contributed by atoms with Gasteiger partial charge in [0.1, 0.15) is 0 Å². The van der Waals surface area contributed by atoms with Crippen LogP contribution in [-0.4, -0.2) is 11.2 Å². The fourth-order valence-corrected chi connectivity index (χ4v) is 1.06. The standard InChI is InChI=1S/C10H18O/c1-4-6-8-10(7-5-2)9(3)11/h4-5,7,9-11H,1,6,8H2,2-3H3/b7-5-/t9-,10+/m1/s1. The van der Waals surface area contributed by atoms with Gasteiger partial charge in [0, 0.05) is 5.92 Å². The maximum Gasteiger partial charge on any atom is 0.0574 e. The predicted molar refractivity (Wildman–Crippen MR) is 49.4 cm³/mol. The molecule has 0 fully saturated rings. The Morgan fingerprint density at radius 3 is 2.55 bits per heavy atom. The van der Waals surface area contributed by atoms with Crippen LogP contribution in [0.1, 0.15) is 26.7 Å². The van der Waals surface area contributed by atoms with Crippen LogP contribution in [0, 0.1) is 5.92 Å². The van der Waals surface area contributed by atoms with E-state index in [2.05, 4.69) is 6.58 Å². The molecule has 64 valence electrons. The maximum absolute atomic E-state index is 9.28. The first-order valence-corrected chi connectivity index (χ1v) is 4.14. The van der Waals surface area contributed by atoms with Crippen molar-refractivity contribution in [3.05, 3.63) is 24.8 Å². The molecule has 0 aliphatic carbocycles. The molecule has 1 nitrogen and oxygen atoms in total. The monoisotopic (exact) mass is 154 g/mol. The number of aliphatic hydroxyl groups excluding tert-OH is 1. The van der Waals surface area contributed by atoms with Crippen molar-refractivity contribution < 1.29 is 5.11 Å². The van der Waals surface area contributed by atoms with Gasteiger partial charge >= 0.3 is 0 Å². The van der Waals surface area contributed by atoms with Crippen molar-refractivity contribution in [2.24, 2.45) is 5.92 Å². The van der Waals surface area contributed by atoms with E-state index >= 15 is 0 Å². The molecule has 2 atom stereocenters. The Labute approximate surface area is 69.4 Å². The Bertz CT molecular complexity index is 125. The third kappa shape index (κ3) is 4.79. The van der Waals surface area contributed by atoms with Gasteiger partial charge in [-0.15, -0.1) is 6.58 Å². The van der Waals surface area contributed by atoms with Gasteiger partial charge in [0.05, 0.1) is 6.10 Å². The number of rotatable bonds is 5. The highest BCUT2D eigenvalue weighted by atomic mass is 16.3. The van der Waals surface area contributed by atoms with E-state index in [-0.39, 0.29) is 12.0 Å². The highest BCUT2D eigenvalue weighted by Gasteiger charge is 2.08. The van der Waals surface area contributed by atoms with Crippen molar-refractivity contribution in [1.82, 2.24) is 0 Å². The third-order valence-corrected chi connectivity index (χ3v) is 1.76. The Balaban J connectivity index is 3.78. The summed E-state index contributed by atoms with van der Waals surface area (Å²) >= 11 is 0. The van der Waals surface area contributed by atoms with Gasteiger partial charge in [0.2, 0.25) is 0 Å². The van der Waals surface area contributed by atoms with Gasteiger partial charge in [-0.1, -0.05) is 18.2 Å². The van der Waals surface area contributed by atoms with Crippen molar-refractivity contribution in [1.29, 1.82) is 0 Å². The van der Waals surface area contributed by atoms with Crippen LogP contribution in [0.5, 0.6) is 0 Å². The SMILES string of the molecule is C=CCC[C@H](/C=C\C)[C@@H](C)O. The molecule has 0 radical (unpaired) electrons. The van der Waals surface area contributed by atoms with Gasteiger partial charge < -0.3 is 5.11 Å². The van der Waals surface area contributed by atoms with E-state index in [1.807, 2.05) is 32.1 Å². The summed E-state index contributed by atoms with van der Waals surface area (Å²) in [6.45, 7) is 7.45. The van der Waals surface area contributed by atoms with E-state index in [0.717, 1.165) is 12.8 Å². The minimum absolute atomic E-state index is 0.244. The molecule has 0 aliphatic rings. The molecule has 1 heteroatoms. The van der Waals surface area contributed by atoms with Crippen molar-refractivity contribution in [3.63, 3.8) is 0 Å². The molecule has 0 saturated heterocycles. The topological polar surface area (TPSA) is 20.2 Å². The van der Waals surface area contributed by atoms with Gasteiger partial charge in [-0.05, 0) is 26.7 Å². The van der Waals surface area contributed by atoms with Gasteiger partial charge in [0.25, 0.3) is 0 Å². The van der Waals surface area contributed by atoms with E-state index < -0.39 is 0 Å². The van der Waals surface area contributed by atoms with Gasteiger partial charge in [0.15, 0.2) is 0 Å². The first-order valence-electron chi connectivity index (χ1n) is 4.14. The summed E-state index contributed by atoms with van der Waals surface area (Å²) in [4.78, 5) is 0. The summed E-state index contributed by atoms with van der Waals surface area (Å²) in [5.41, 5.74) is 0. The minimum atomic E-state index is -0.244. The third-order valence-electron chi connectivity index (χ3n) is 1.76. The van der Waals surface area contributed by atoms with Crippen LogP contribution >= 0.6 is 0 Å². The molecule has 0 saturated carbocycles. The fraction of sp³-hybridized carbons (Fsp3) is 0.600. The summed E-state index contributed by atoms with van der Waals surface area (Å²) in [6.07, 6.45) is 7.64. The Kier molecular flexibility index (Phi) is 5.86. The fourth-order valence-electron chi connectivity index (χ4n) is 1.06. The molecule has 0 rings (SSSR count). The first kappa shape index (κ1) is 10.4. The van der Waals surface area contributed by atoms with Gasteiger partial charge in [-0.25, -0.2) is 0 Å². The zero-order valence-electron chi connectivity index (χ0n) is 7.46. The van der Waals surface area contributed by atoms with Crippen molar-refractivity contribution >= 4 is 0 Å². The predicted octanol–water partition coefficient (Wildman–Crippen LogP) is 2.53. The zero-order chi connectivity index (χ0) is 8.69. The Morgan fingerprint density at radius 1 is 1.55 bits per heavy atom. The van der Waals surface area contributed by atoms with E-state index in [9.17, 15) is 5.11 Å². The van der Waals surface area contributed by atoms with E-state index in [4.69, 9.17) is 0 Å². The average molecular weight is 154 g/mol. The van der Waals surface area contributed by atoms with Crippen molar-refractivity contribution in [2.45, 2.75) is 32.8 Å². The summed E-state index contributed by atoms with van der Waals surface area (Å²) < 4.78 is 0. The quantitative estimate of drug-likeness (QED) is 0.603. The highest BCUT2D eigenvalue weighted by molar-refractivity contribution is 4.89. The molecule has 11 heavy (non-hydrogen) atoms. The lowest BCUT2D eigenvalue weighted by Crippen LogP contribution is -2.13. The summed E-state index contributed by atoms with van der Waals surface area (Å²) in [5, 5.41) is 9.28. The van der Waals surface area contributed by atoms with E-state index in [1.54, 1.807) is 0 Å². The average Bonchev–Trinajstić information content (AvgIpc) is 1.97. The number of allylic oxidation sites excluding steroid dienone is 2.